The number of benzene rings is 1. The molecule has 2 unspecified atom stereocenters. The smallest absolute Gasteiger partial charge is 0.188 e. The molecule has 1 fully saturated rings. The number of ether oxygens (including phenoxy) is 3. The summed E-state index contributed by atoms with van der Waals surface area (Å²) in [4.78, 5) is 12.0. The van der Waals surface area contributed by atoms with E-state index in [9.17, 15) is 4.79 Å². The van der Waals surface area contributed by atoms with Gasteiger partial charge in [0, 0.05) is 12.7 Å². The highest BCUT2D eigenvalue weighted by Crippen LogP contribution is 2.23. The first-order chi connectivity index (χ1) is 9.72. The van der Waals surface area contributed by atoms with Crippen LogP contribution in [0.5, 0.6) is 5.75 Å². The number of Topliss-reactive ketones (excluding diaryl/α,β-unsaturated/α-hetero) is 1. The van der Waals surface area contributed by atoms with Crippen LogP contribution >= 0.6 is 0 Å². The van der Waals surface area contributed by atoms with Gasteiger partial charge in [0.05, 0.1) is 19.3 Å². The highest BCUT2D eigenvalue weighted by molar-refractivity contribution is 5.97. The van der Waals surface area contributed by atoms with Crippen molar-refractivity contribution in [2.24, 2.45) is 0 Å². The van der Waals surface area contributed by atoms with Crippen molar-refractivity contribution in [3.63, 3.8) is 0 Å². The Labute approximate surface area is 120 Å². The molecular formula is C16H22O4. The summed E-state index contributed by atoms with van der Waals surface area (Å²) in [5.74, 6) is 0.755. The molecule has 1 saturated carbocycles. The van der Waals surface area contributed by atoms with Crippen molar-refractivity contribution >= 4 is 5.78 Å². The maximum absolute atomic E-state index is 12.0. The van der Waals surface area contributed by atoms with Crippen LogP contribution in [0.1, 0.15) is 36.0 Å². The zero-order chi connectivity index (χ0) is 14.4. The Morgan fingerprint density at radius 3 is 2.50 bits per heavy atom. The Kier molecular flexibility index (Phi) is 5.56. The molecule has 0 bridgehead atoms. The Hall–Kier alpha value is -1.39. The molecule has 0 saturated heterocycles. The van der Waals surface area contributed by atoms with Crippen LogP contribution in [0.2, 0.25) is 0 Å². The third-order valence-electron chi connectivity index (χ3n) is 3.77. The van der Waals surface area contributed by atoms with Crippen LogP contribution in [0.25, 0.3) is 0 Å². The predicted molar refractivity (Wildman–Crippen MR) is 76.3 cm³/mol. The lowest BCUT2D eigenvalue weighted by atomic mass is 9.95. The molecule has 0 aromatic heterocycles. The number of ketones is 1. The first-order valence-electron chi connectivity index (χ1n) is 7.04. The van der Waals surface area contributed by atoms with Crippen LogP contribution in [-0.4, -0.2) is 38.8 Å². The van der Waals surface area contributed by atoms with Gasteiger partial charge in [-0.3, -0.25) is 4.79 Å². The van der Waals surface area contributed by atoms with Crippen molar-refractivity contribution in [2.75, 3.05) is 20.8 Å². The SMILES string of the molecule is COc1ccc(C(=O)COC2CCCC(OC)C2)cc1. The van der Waals surface area contributed by atoms with Gasteiger partial charge in [-0.1, -0.05) is 0 Å². The highest BCUT2D eigenvalue weighted by atomic mass is 16.5. The van der Waals surface area contributed by atoms with Gasteiger partial charge in [0.2, 0.25) is 0 Å². The molecule has 1 aromatic carbocycles. The van der Waals surface area contributed by atoms with E-state index < -0.39 is 0 Å². The highest BCUT2D eigenvalue weighted by Gasteiger charge is 2.23. The fraction of sp³-hybridized carbons (Fsp3) is 0.562. The minimum atomic E-state index is 0.00666. The molecule has 4 nitrogen and oxygen atoms in total. The number of hydrogen-bond donors (Lipinski definition) is 0. The van der Waals surface area contributed by atoms with Crippen molar-refractivity contribution in [1.29, 1.82) is 0 Å². The lowest BCUT2D eigenvalue weighted by molar-refractivity contribution is -0.0243. The molecule has 1 aliphatic rings. The van der Waals surface area contributed by atoms with Crippen molar-refractivity contribution in [3.05, 3.63) is 29.8 Å². The van der Waals surface area contributed by atoms with Gasteiger partial charge in [0.15, 0.2) is 5.78 Å². The largest absolute Gasteiger partial charge is 0.497 e. The molecule has 4 heteroatoms. The summed E-state index contributed by atoms with van der Waals surface area (Å²) < 4.78 is 16.2. The van der Waals surface area contributed by atoms with Crippen molar-refractivity contribution in [3.8, 4) is 5.75 Å². The number of hydrogen-bond acceptors (Lipinski definition) is 4. The van der Waals surface area contributed by atoms with Gasteiger partial charge in [-0.05, 0) is 49.9 Å². The van der Waals surface area contributed by atoms with Crippen LogP contribution in [0, 0.1) is 0 Å². The average Bonchev–Trinajstić information content (AvgIpc) is 2.53. The molecule has 2 rings (SSSR count). The number of rotatable bonds is 6. The zero-order valence-electron chi connectivity index (χ0n) is 12.1. The minimum absolute atomic E-state index is 0.00666. The lowest BCUT2D eigenvalue weighted by Crippen LogP contribution is -2.29. The van der Waals surface area contributed by atoms with Crippen LogP contribution < -0.4 is 4.74 Å². The Bertz CT molecular complexity index is 427. The topological polar surface area (TPSA) is 44.8 Å². The Morgan fingerprint density at radius 1 is 1.15 bits per heavy atom. The van der Waals surface area contributed by atoms with E-state index in [1.54, 1.807) is 38.5 Å². The van der Waals surface area contributed by atoms with Gasteiger partial charge in [-0.25, -0.2) is 0 Å². The maximum atomic E-state index is 12.0. The van der Waals surface area contributed by atoms with E-state index in [2.05, 4.69) is 0 Å². The fourth-order valence-electron chi connectivity index (χ4n) is 2.52. The Balaban J connectivity index is 1.82. The van der Waals surface area contributed by atoms with Crippen molar-refractivity contribution in [1.82, 2.24) is 0 Å². The molecule has 0 N–H and O–H groups in total. The van der Waals surface area contributed by atoms with Crippen LogP contribution in [0.3, 0.4) is 0 Å². The average molecular weight is 278 g/mol. The summed E-state index contributed by atoms with van der Waals surface area (Å²) in [6.45, 7) is 0.132. The summed E-state index contributed by atoms with van der Waals surface area (Å²) in [6, 6.07) is 7.11. The molecule has 0 amide bonds. The molecule has 20 heavy (non-hydrogen) atoms. The predicted octanol–water partition coefficient (Wildman–Crippen LogP) is 2.85. The zero-order valence-corrected chi connectivity index (χ0v) is 12.1. The standard InChI is InChI=1S/C16H22O4/c1-18-13-8-6-12(7-9-13)16(17)11-20-15-5-3-4-14(10-15)19-2/h6-9,14-15H,3-5,10-11H2,1-2H3. The van der Waals surface area contributed by atoms with Gasteiger partial charge < -0.3 is 14.2 Å². The number of carbonyl (C=O) groups is 1. The van der Waals surface area contributed by atoms with Crippen molar-refractivity contribution < 1.29 is 19.0 Å². The monoisotopic (exact) mass is 278 g/mol. The molecule has 0 radical (unpaired) electrons. The normalized spacial score (nSPS) is 22.5. The molecule has 110 valence electrons. The maximum Gasteiger partial charge on any atom is 0.188 e. The third kappa shape index (κ3) is 4.05. The summed E-state index contributed by atoms with van der Waals surface area (Å²) >= 11 is 0. The van der Waals surface area contributed by atoms with Crippen LogP contribution in [0.15, 0.2) is 24.3 Å². The second kappa shape index (κ2) is 7.41. The molecule has 0 aliphatic heterocycles. The van der Waals surface area contributed by atoms with E-state index in [-0.39, 0.29) is 24.6 Å². The second-order valence-corrected chi connectivity index (χ2v) is 5.11. The number of carbonyl (C=O) groups excluding carboxylic acids is 1. The summed E-state index contributed by atoms with van der Waals surface area (Å²) in [6.07, 6.45) is 4.48. The van der Waals surface area contributed by atoms with Gasteiger partial charge in [-0.2, -0.15) is 0 Å². The van der Waals surface area contributed by atoms with E-state index in [1.807, 2.05) is 0 Å². The van der Waals surface area contributed by atoms with Gasteiger partial charge in [-0.15, -0.1) is 0 Å². The van der Waals surface area contributed by atoms with E-state index >= 15 is 0 Å². The summed E-state index contributed by atoms with van der Waals surface area (Å²) in [7, 11) is 3.34. The van der Waals surface area contributed by atoms with E-state index in [0.29, 0.717) is 5.56 Å². The van der Waals surface area contributed by atoms with E-state index in [0.717, 1.165) is 31.4 Å². The molecule has 2 atom stereocenters. The molecule has 0 heterocycles. The molecule has 0 spiro atoms. The summed E-state index contributed by atoms with van der Waals surface area (Å²) in [5, 5.41) is 0. The van der Waals surface area contributed by atoms with Gasteiger partial charge in [0.25, 0.3) is 0 Å². The molecular weight excluding hydrogens is 256 g/mol. The molecule has 1 aliphatic carbocycles. The van der Waals surface area contributed by atoms with Crippen LogP contribution in [-0.2, 0) is 9.47 Å². The lowest BCUT2D eigenvalue weighted by Gasteiger charge is -2.27. The molecule has 1 aromatic rings. The van der Waals surface area contributed by atoms with E-state index in [1.165, 1.54) is 0 Å². The Morgan fingerprint density at radius 2 is 1.85 bits per heavy atom. The fourth-order valence-corrected chi connectivity index (χ4v) is 2.52. The van der Waals surface area contributed by atoms with Crippen LogP contribution in [0.4, 0.5) is 0 Å². The third-order valence-corrected chi connectivity index (χ3v) is 3.77. The van der Waals surface area contributed by atoms with Gasteiger partial charge >= 0.3 is 0 Å². The first-order valence-corrected chi connectivity index (χ1v) is 7.04. The van der Waals surface area contributed by atoms with E-state index in [4.69, 9.17) is 14.2 Å². The van der Waals surface area contributed by atoms with Gasteiger partial charge in [0.1, 0.15) is 12.4 Å². The number of methoxy groups -OCH3 is 2. The first kappa shape index (κ1) is 15.0. The summed E-state index contributed by atoms with van der Waals surface area (Å²) in [5.41, 5.74) is 0.657. The minimum Gasteiger partial charge on any atom is -0.497 e. The second-order valence-electron chi connectivity index (χ2n) is 5.11. The van der Waals surface area contributed by atoms with Crippen molar-refractivity contribution in [2.45, 2.75) is 37.9 Å². The quantitative estimate of drug-likeness (QED) is 0.751.